The van der Waals surface area contributed by atoms with Crippen LogP contribution in [-0.4, -0.2) is 49.1 Å². The molecule has 2 N–H and O–H groups in total. The topological polar surface area (TPSA) is 85.4 Å². The van der Waals surface area contributed by atoms with Gasteiger partial charge >= 0.3 is 6.03 Å². The number of ether oxygens (including phenoxy) is 2. The zero-order valence-electron chi connectivity index (χ0n) is 11.9. The Bertz CT molecular complexity index is 409. The van der Waals surface area contributed by atoms with Crippen LogP contribution in [0.5, 0.6) is 11.8 Å². The Morgan fingerprint density at radius 1 is 1.25 bits per heavy atom. The van der Waals surface area contributed by atoms with Crippen molar-refractivity contribution in [1.82, 2.24) is 20.6 Å². The second kappa shape index (κ2) is 9.24. The molecular formula is C12H20N4O3S. The van der Waals surface area contributed by atoms with Gasteiger partial charge in [-0.3, -0.25) is 0 Å². The number of rotatable bonds is 8. The van der Waals surface area contributed by atoms with E-state index in [-0.39, 0.29) is 6.03 Å². The van der Waals surface area contributed by atoms with E-state index < -0.39 is 0 Å². The number of aromatic nitrogens is 2. The van der Waals surface area contributed by atoms with Gasteiger partial charge in [0.15, 0.2) is 0 Å². The fraction of sp³-hybridized carbons (Fsp3) is 0.583. The second-order valence-corrected chi connectivity index (χ2v) is 4.81. The third-order valence-corrected chi connectivity index (χ3v) is 3.20. The minimum atomic E-state index is -0.146. The highest BCUT2D eigenvalue weighted by Gasteiger charge is 2.05. The first-order chi connectivity index (χ1) is 9.69. The van der Waals surface area contributed by atoms with Crippen LogP contribution in [0.2, 0.25) is 0 Å². The highest BCUT2D eigenvalue weighted by atomic mass is 32.2. The van der Waals surface area contributed by atoms with E-state index in [1.807, 2.05) is 6.92 Å². The Morgan fingerprint density at radius 2 is 1.90 bits per heavy atom. The highest BCUT2D eigenvalue weighted by molar-refractivity contribution is 7.98. The molecular weight excluding hydrogens is 280 g/mol. The number of hydrogen-bond donors (Lipinski definition) is 2. The molecule has 0 saturated carbocycles. The van der Waals surface area contributed by atoms with Crippen molar-refractivity contribution in [2.75, 3.05) is 33.1 Å². The zero-order valence-corrected chi connectivity index (χ0v) is 12.7. The largest absolute Gasteiger partial charge is 0.481 e. The molecule has 1 heterocycles. The molecule has 0 aliphatic carbocycles. The summed E-state index contributed by atoms with van der Waals surface area (Å²) in [6, 6.07) is 1.48. The normalized spacial score (nSPS) is 9.95. The van der Waals surface area contributed by atoms with Gasteiger partial charge in [-0.05, 0) is 6.92 Å². The van der Waals surface area contributed by atoms with Crippen molar-refractivity contribution in [3.05, 3.63) is 11.9 Å². The average Bonchev–Trinajstić information content (AvgIpc) is 2.46. The second-order valence-electron chi connectivity index (χ2n) is 3.71. The number of nitrogens with one attached hydrogen (secondary N) is 2. The molecule has 1 aromatic heterocycles. The smallest absolute Gasteiger partial charge is 0.314 e. The first kappa shape index (κ1) is 16.4. The molecule has 0 bridgehead atoms. The number of nitrogens with zero attached hydrogens (tertiary/aromatic N) is 2. The zero-order chi connectivity index (χ0) is 14.8. The Morgan fingerprint density at radius 3 is 2.45 bits per heavy atom. The summed E-state index contributed by atoms with van der Waals surface area (Å²) in [4.78, 5) is 19.6. The van der Waals surface area contributed by atoms with E-state index in [1.165, 1.54) is 0 Å². The fourth-order valence-electron chi connectivity index (χ4n) is 1.35. The lowest BCUT2D eigenvalue weighted by Gasteiger charge is -2.07. The first-order valence-corrected chi connectivity index (χ1v) is 7.40. The molecule has 1 aromatic rings. The van der Waals surface area contributed by atoms with Crippen LogP contribution < -0.4 is 20.1 Å². The number of carbonyl (C=O) groups excluding carboxylic acids is 1. The number of thioether (sulfide) groups is 1. The predicted molar refractivity (Wildman–Crippen MR) is 78.4 cm³/mol. The van der Waals surface area contributed by atoms with E-state index in [4.69, 9.17) is 9.47 Å². The van der Waals surface area contributed by atoms with Crippen LogP contribution in [0.3, 0.4) is 0 Å². The lowest BCUT2D eigenvalue weighted by atomic mass is 10.5. The molecule has 0 aromatic carbocycles. The van der Waals surface area contributed by atoms with E-state index in [1.54, 1.807) is 32.0 Å². The Balaban J connectivity index is 2.33. The maximum Gasteiger partial charge on any atom is 0.314 e. The molecule has 1 rings (SSSR count). The Labute approximate surface area is 122 Å². The van der Waals surface area contributed by atoms with Crippen LogP contribution in [0.4, 0.5) is 4.79 Å². The maximum absolute atomic E-state index is 11.2. The van der Waals surface area contributed by atoms with Crippen molar-refractivity contribution >= 4 is 17.8 Å². The van der Waals surface area contributed by atoms with Crippen molar-refractivity contribution < 1.29 is 14.3 Å². The summed E-state index contributed by atoms with van der Waals surface area (Å²) in [5, 5.41) is 5.42. The number of carbonyl (C=O) groups is 1. The van der Waals surface area contributed by atoms with Crippen molar-refractivity contribution in [2.45, 2.75) is 12.7 Å². The van der Waals surface area contributed by atoms with Crippen LogP contribution in [0.25, 0.3) is 0 Å². The number of methoxy groups -OCH3 is 2. The van der Waals surface area contributed by atoms with Crippen molar-refractivity contribution in [1.29, 1.82) is 0 Å². The molecule has 0 aliphatic heterocycles. The third kappa shape index (κ3) is 5.96. The summed E-state index contributed by atoms with van der Waals surface area (Å²) in [6.45, 7) is 3.09. The number of amides is 2. The van der Waals surface area contributed by atoms with Gasteiger partial charge in [-0.15, -0.1) is 0 Å². The minimum Gasteiger partial charge on any atom is -0.481 e. The van der Waals surface area contributed by atoms with Gasteiger partial charge in [0.2, 0.25) is 11.8 Å². The van der Waals surface area contributed by atoms with Crippen LogP contribution >= 0.6 is 11.8 Å². The van der Waals surface area contributed by atoms with Gasteiger partial charge in [0.25, 0.3) is 0 Å². The molecule has 112 valence electrons. The molecule has 2 amide bonds. The van der Waals surface area contributed by atoms with Crippen LogP contribution in [0.15, 0.2) is 6.07 Å². The van der Waals surface area contributed by atoms with Crippen molar-refractivity contribution in [3.8, 4) is 11.8 Å². The van der Waals surface area contributed by atoms with Gasteiger partial charge in [0.1, 0.15) is 5.82 Å². The van der Waals surface area contributed by atoms with Gasteiger partial charge in [-0.1, -0.05) is 0 Å². The summed E-state index contributed by atoms with van der Waals surface area (Å²) < 4.78 is 10.2. The minimum absolute atomic E-state index is 0.146. The predicted octanol–water partition coefficient (Wildman–Crippen LogP) is 1.05. The summed E-state index contributed by atoms with van der Waals surface area (Å²) in [7, 11) is 3.10. The average molecular weight is 300 g/mol. The molecule has 0 unspecified atom stereocenters. The highest BCUT2D eigenvalue weighted by Crippen LogP contribution is 2.17. The SMILES string of the molecule is CCNC(=O)NCCSCc1nc(OC)cc(OC)n1. The summed E-state index contributed by atoms with van der Waals surface area (Å²) in [5.74, 6) is 3.01. The van der Waals surface area contributed by atoms with E-state index in [9.17, 15) is 4.79 Å². The van der Waals surface area contributed by atoms with E-state index >= 15 is 0 Å². The lowest BCUT2D eigenvalue weighted by molar-refractivity contribution is 0.242. The van der Waals surface area contributed by atoms with Gasteiger partial charge < -0.3 is 20.1 Å². The van der Waals surface area contributed by atoms with Crippen molar-refractivity contribution in [3.63, 3.8) is 0 Å². The Hall–Kier alpha value is -1.70. The van der Waals surface area contributed by atoms with Gasteiger partial charge in [-0.25, -0.2) is 4.79 Å². The van der Waals surface area contributed by atoms with Gasteiger partial charge in [0.05, 0.1) is 26.0 Å². The molecule has 20 heavy (non-hydrogen) atoms. The van der Waals surface area contributed by atoms with E-state index in [0.29, 0.717) is 36.4 Å². The molecule has 0 fully saturated rings. The van der Waals surface area contributed by atoms with E-state index in [2.05, 4.69) is 20.6 Å². The number of hydrogen-bond acceptors (Lipinski definition) is 6. The third-order valence-electron chi connectivity index (χ3n) is 2.24. The molecule has 0 radical (unpaired) electrons. The Kier molecular flexibility index (Phi) is 7.56. The van der Waals surface area contributed by atoms with Crippen LogP contribution in [-0.2, 0) is 5.75 Å². The summed E-state index contributed by atoms with van der Waals surface area (Å²) in [6.07, 6.45) is 0. The van der Waals surface area contributed by atoms with Gasteiger partial charge in [-0.2, -0.15) is 21.7 Å². The van der Waals surface area contributed by atoms with Gasteiger partial charge in [0, 0.05) is 18.8 Å². The summed E-state index contributed by atoms with van der Waals surface area (Å²) >= 11 is 1.63. The number of urea groups is 1. The molecule has 7 nitrogen and oxygen atoms in total. The van der Waals surface area contributed by atoms with Crippen LogP contribution in [0, 0.1) is 0 Å². The monoisotopic (exact) mass is 300 g/mol. The molecule has 0 spiro atoms. The molecule has 8 heteroatoms. The lowest BCUT2D eigenvalue weighted by Crippen LogP contribution is -2.36. The quantitative estimate of drug-likeness (QED) is 0.698. The maximum atomic E-state index is 11.2. The van der Waals surface area contributed by atoms with Crippen molar-refractivity contribution in [2.24, 2.45) is 0 Å². The van der Waals surface area contributed by atoms with E-state index in [0.717, 1.165) is 5.75 Å². The fourth-order valence-corrected chi connectivity index (χ4v) is 2.05. The standard InChI is InChI=1S/C12H20N4O3S/c1-4-13-12(17)14-5-6-20-8-9-15-10(18-2)7-11(16-9)19-3/h7H,4-6,8H2,1-3H3,(H2,13,14,17). The molecule has 0 atom stereocenters. The first-order valence-electron chi connectivity index (χ1n) is 6.25. The summed E-state index contributed by atoms with van der Waals surface area (Å²) in [5.41, 5.74) is 0. The van der Waals surface area contributed by atoms with Crippen LogP contribution in [0.1, 0.15) is 12.7 Å². The molecule has 0 saturated heterocycles. The molecule has 0 aliphatic rings.